The largest absolute Gasteiger partial charge is 0.465 e. The summed E-state index contributed by atoms with van der Waals surface area (Å²) < 4.78 is 12.4. The highest BCUT2D eigenvalue weighted by atomic mass is 16.6. The quantitative estimate of drug-likeness (QED) is 0.498. The van der Waals surface area contributed by atoms with E-state index < -0.39 is 41.1 Å². The molecule has 1 spiro atoms. The predicted octanol–water partition coefficient (Wildman–Crippen LogP) is 2.99. The van der Waals surface area contributed by atoms with Crippen LogP contribution in [0.2, 0.25) is 0 Å². The Morgan fingerprint density at radius 2 is 1.82 bits per heavy atom. The van der Waals surface area contributed by atoms with Crippen molar-refractivity contribution in [1.82, 2.24) is 4.90 Å². The van der Waals surface area contributed by atoms with Crippen molar-refractivity contribution in [1.29, 1.82) is 0 Å². The molecular formula is C30H32N2O6. The number of rotatable bonds is 3. The molecule has 4 aliphatic rings. The minimum absolute atomic E-state index is 0.258. The molecule has 1 unspecified atom stereocenters. The second-order valence-corrected chi connectivity index (χ2v) is 10.9. The van der Waals surface area contributed by atoms with Gasteiger partial charge in [-0.15, -0.1) is 0 Å². The Morgan fingerprint density at radius 3 is 2.61 bits per heavy atom. The summed E-state index contributed by atoms with van der Waals surface area (Å²) in [6, 6.07) is 12.0. The molecule has 0 aliphatic carbocycles. The maximum atomic E-state index is 14.5. The summed E-state index contributed by atoms with van der Waals surface area (Å²) in [6.07, 6.45) is 8.87. The number of ether oxygens (including phenoxy) is 2. The minimum Gasteiger partial charge on any atom is -0.465 e. The molecule has 0 saturated carbocycles. The summed E-state index contributed by atoms with van der Waals surface area (Å²) in [4.78, 5) is 45.1. The van der Waals surface area contributed by atoms with Crippen LogP contribution in [0.5, 0.6) is 0 Å². The first-order valence-electron chi connectivity index (χ1n) is 13.3. The van der Waals surface area contributed by atoms with E-state index in [-0.39, 0.29) is 31.6 Å². The number of hydrogen-bond acceptors (Lipinski definition) is 6. The first-order chi connectivity index (χ1) is 18.3. The van der Waals surface area contributed by atoms with Crippen molar-refractivity contribution >= 4 is 34.2 Å². The highest BCUT2D eigenvalue weighted by Gasteiger charge is 2.75. The van der Waals surface area contributed by atoms with Crippen molar-refractivity contribution in [2.24, 2.45) is 11.8 Å². The maximum absolute atomic E-state index is 14.5. The van der Waals surface area contributed by atoms with Crippen LogP contribution < -0.4 is 4.90 Å². The fraction of sp³-hybridized carbons (Fsp3) is 0.433. The van der Waals surface area contributed by atoms with Crippen LogP contribution >= 0.6 is 0 Å². The van der Waals surface area contributed by atoms with Gasteiger partial charge in [-0.2, -0.15) is 0 Å². The summed E-state index contributed by atoms with van der Waals surface area (Å²) in [5.41, 5.74) is -1.81. The maximum Gasteiger partial charge on any atom is 0.313 e. The van der Waals surface area contributed by atoms with Crippen molar-refractivity contribution in [3.63, 3.8) is 0 Å². The zero-order valence-corrected chi connectivity index (χ0v) is 21.6. The number of fused-ring (bicyclic) bond motifs is 3. The number of aliphatic hydroxyl groups is 1. The number of aliphatic hydroxyl groups excluding tert-OH is 1. The van der Waals surface area contributed by atoms with Gasteiger partial charge in [0.1, 0.15) is 17.6 Å². The average Bonchev–Trinajstić information content (AvgIpc) is 3.27. The van der Waals surface area contributed by atoms with Crippen molar-refractivity contribution in [3.05, 3.63) is 66.8 Å². The molecule has 4 aliphatic heterocycles. The van der Waals surface area contributed by atoms with Gasteiger partial charge in [0.2, 0.25) is 5.91 Å². The molecule has 8 heteroatoms. The minimum atomic E-state index is -1.38. The number of anilines is 1. The SMILES string of the molecule is C[C@H](CO)N1C(=O)[C@@H]2[C@@H]3C(=O)OCCC/C=C\[C@]3(C)O[C@@]23C=CCN(c2ccc4ccccc4c2)C(=O)C13. The molecule has 38 heavy (non-hydrogen) atoms. The third kappa shape index (κ3) is 3.54. The Morgan fingerprint density at radius 1 is 1.03 bits per heavy atom. The number of likely N-dealkylation sites (tertiary alicyclic amines) is 1. The molecule has 2 aromatic carbocycles. The van der Waals surface area contributed by atoms with Gasteiger partial charge in [0.25, 0.3) is 5.91 Å². The van der Waals surface area contributed by atoms with Crippen molar-refractivity contribution < 1.29 is 29.0 Å². The third-order valence-electron chi connectivity index (χ3n) is 8.47. The van der Waals surface area contributed by atoms with E-state index in [1.54, 1.807) is 24.8 Å². The van der Waals surface area contributed by atoms with E-state index in [1.165, 1.54) is 4.90 Å². The van der Waals surface area contributed by atoms with Crippen LogP contribution in [0.15, 0.2) is 66.8 Å². The van der Waals surface area contributed by atoms with Crippen LogP contribution in [-0.2, 0) is 23.9 Å². The highest BCUT2D eigenvalue weighted by molar-refractivity contribution is 6.06. The number of esters is 1. The van der Waals surface area contributed by atoms with Gasteiger partial charge in [-0.05, 0) is 49.6 Å². The molecule has 6 atom stereocenters. The Kier molecular flexibility index (Phi) is 5.92. The van der Waals surface area contributed by atoms with Gasteiger partial charge in [0.05, 0.1) is 30.8 Å². The van der Waals surface area contributed by atoms with E-state index in [2.05, 4.69) is 0 Å². The standard InChI is InChI=1S/C30H32N2O6/c1-19(18-33)32-25-27(35)31(22-12-11-20-9-4-5-10-21(20)17-22)15-8-14-30(25)23(26(32)34)24-28(36)37-16-7-3-6-13-29(24,2)38-30/h4-6,8-14,17,19,23-25,33H,3,7,15-16,18H2,1-2H3/b13-6-/t19-,23+,24-,25?,29+,30+/m1/s1. The second kappa shape index (κ2) is 9.06. The number of hydrogen-bond donors (Lipinski definition) is 1. The molecule has 0 aromatic heterocycles. The van der Waals surface area contributed by atoms with Crippen molar-refractivity contribution in [3.8, 4) is 0 Å². The lowest BCUT2D eigenvalue weighted by molar-refractivity contribution is -0.159. The van der Waals surface area contributed by atoms with Crippen LogP contribution in [0.1, 0.15) is 26.7 Å². The van der Waals surface area contributed by atoms with Gasteiger partial charge in [-0.3, -0.25) is 14.4 Å². The molecule has 2 amide bonds. The van der Waals surface area contributed by atoms with Gasteiger partial charge in [-0.25, -0.2) is 0 Å². The molecule has 198 valence electrons. The number of carbonyl (C=O) groups is 3. The molecule has 0 bridgehead atoms. The van der Waals surface area contributed by atoms with Crippen molar-refractivity contribution in [2.45, 2.75) is 50.0 Å². The number of benzene rings is 2. The average molecular weight is 517 g/mol. The van der Waals surface area contributed by atoms with Crippen LogP contribution in [0.4, 0.5) is 5.69 Å². The van der Waals surface area contributed by atoms with E-state index >= 15 is 0 Å². The smallest absolute Gasteiger partial charge is 0.313 e. The van der Waals surface area contributed by atoms with Crippen molar-refractivity contribution in [2.75, 3.05) is 24.7 Å². The number of nitrogens with zero attached hydrogens (tertiary/aromatic N) is 2. The van der Waals surface area contributed by atoms with Crippen LogP contribution in [0, 0.1) is 11.8 Å². The summed E-state index contributed by atoms with van der Waals surface area (Å²) >= 11 is 0. The first kappa shape index (κ1) is 24.8. The fourth-order valence-electron chi connectivity index (χ4n) is 6.71. The zero-order valence-electron chi connectivity index (χ0n) is 21.6. The molecule has 0 radical (unpaired) electrons. The van der Waals surface area contributed by atoms with Gasteiger partial charge >= 0.3 is 5.97 Å². The molecule has 4 heterocycles. The van der Waals surface area contributed by atoms with Gasteiger partial charge in [0, 0.05) is 12.2 Å². The zero-order chi connectivity index (χ0) is 26.7. The topological polar surface area (TPSA) is 96.4 Å². The first-order valence-corrected chi connectivity index (χ1v) is 13.3. The van der Waals surface area contributed by atoms with E-state index in [1.807, 2.05) is 60.7 Å². The fourth-order valence-corrected chi connectivity index (χ4v) is 6.71. The number of cyclic esters (lactones) is 1. The number of amides is 2. The Labute approximate surface area is 221 Å². The summed E-state index contributed by atoms with van der Waals surface area (Å²) in [5.74, 6) is -3.07. The summed E-state index contributed by atoms with van der Waals surface area (Å²) in [6.45, 7) is 3.71. The van der Waals surface area contributed by atoms with Crippen LogP contribution in [-0.4, -0.2) is 70.8 Å². The Hall–Kier alpha value is -3.49. The van der Waals surface area contributed by atoms with E-state index in [9.17, 15) is 19.5 Å². The normalized spacial score (nSPS) is 34.5. The molecule has 2 saturated heterocycles. The van der Waals surface area contributed by atoms with E-state index in [0.717, 1.165) is 10.8 Å². The lowest BCUT2D eigenvalue weighted by atomic mass is 9.74. The predicted molar refractivity (Wildman–Crippen MR) is 141 cm³/mol. The highest BCUT2D eigenvalue weighted by Crippen LogP contribution is 2.57. The van der Waals surface area contributed by atoms with Crippen LogP contribution in [0.25, 0.3) is 10.8 Å². The summed E-state index contributed by atoms with van der Waals surface area (Å²) in [7, 11) is 0. The summed E-state index contributed by atoms with van der Waals surface area (Å²) in [5, 5.41) is 12.1. The molecule has 2 fully saturated rings. The molecular weight excluding hydrogens is 484 g/mol. The van der Waals surface area contributed by atoms with E-state index in [0.29, 0.717) is 18.5 Å². The Balaban J connectivity index is 1.49. The Bertz CT molecular complexity index is 1370. The number of carbonyl (C=O) groups excluding carboxylic acids is 3. The molecule has 8 nitrogen and oxygen atoms in total. The lowest BCUT2D eigenvalue weighted by Gasteiger charge is -2.39. The van der Waals surface area contributed by atoms with Gasteiger partial charge in [0.15, 0.2) is 0 Å². The van der Waals surface area contributed by atoms with Crippen LogP contribution in [0.3, 0.4) is 0 Å². The second-order valence-electron chi connectivity index (χ2n) is 10.9. The monoisotopic (exact) mass is 516 g/mol. The van der Waals surface area contributed by atoms with Gasteiger partial charge < -0.3 is 24.4 Å². The number of allylic oxidation sites excluding steroid dienone is 1. The lowest BCUT2D eigenvalue weighted by Crippen LogP contribution is -2.58. The molecule has 1 N–H and O–H groups in total. The molecule has 2 aromatic rings. The van der Waals surface area contributed by atoms with Gasteiger partial charge in [-0.1, -0.05) is 54.6 Å². The third-order valence-corrected chi connectivity index (χ3v) is 8.47. The van der Waals surface area contributed by atoms with E-state index in [4.69, 9.17) is 9.47 Å². The molecule has 6 rings (SSSR count).